The molecule has 0 fully saturated rings. The van der Waals surface area contributed by atoms with Gasteiger partial charge in [-0.25, -0.2) is 9.89 Å². The SMILES string of the molecule is CCOC(=O)CN(c1n[nH]c(=O)[nH]c1=O)C(C)C. The summed E-state index contributed by atoms with van der Waals surface area (Å²) in [6.07, 6.45) is 0. The van der Waals surface area contributed by atoms with Gasteiger partial charge in [-0.3, -0.25) is 14.6 Å². The molecule has 1 rings (SSSR count). The summed E-state index contributed by atoms with van der Waals surface area (Å²) in [6.45, 7) is 5.45. The fraction of sp³-hybridized carbons (Fsp3) is 0.600. The Hall–Kier alpha value is -2.12. The highest BCUT2D eigenvalue weighted by molar-refractivity contribution is 5.75. The van der Waals surface area contributed by atoms with Gasteiger partial charge in [0.2, 0.25) is 5.82 Å². The van der Waals surface area contributed by atoms with Crippen LogP contribution < -0.4 is 16.1 Å². The second kappa shape index (κ2) is 5.99. The first kappa shape index (κ1) is 13.9. The zero-order valence-corrected chi connectivity index (χ0v) is 10.5. The van der Waals surface area contributed by atoms with Crippen LogP contribution >= 0.6 is 0 Å². The van der Waals surface area contributed by atoms with E-state index in [1.54, 1.807) is 20.8 Å². The van der Waals surface area contributed by atoms with E-state index in [2.05, 4.69) is 15.2 Å². The van der Waals surface area contributed by atoms with Crippen LogP contribution in [0.1, 0.15) is 20.8 Å². The van der Waals surface area contributed by atoms with E-state index in [9.17, 15) is 14.4 Å². The maximum Gasteiger partial charge on any atom is 0.342 e. The summed E-state index contributed by atoms with van der Waals surface area (Å²) < 4.78 is 4.82. The average Bonchev–Trinajstić information content (AvgIpc) is 2.27. The van der Waals surface area contributed by atoms with Crippen LogP contribution in [0.5, 0.6) is 0 Å². The summed E-state index contributed by atoms with van der Waals surface area (Å²) in [4.78, 5) is 37.4. The van der Waals surface area contributed by atoms with Gasteiger partial charge < -0.3 is 9.64 Å². The lowest BCUT2D eigenvalue weighted by Gasteiger charge is -2.25. The molecule has 8 nitrogen and oxygen atoms in total. The largest absolute Gasteiger partial charge is 0.465 e. The first-order valence-electron chi connectivity index (χ1n) is 5.57. The summed E-state index contributed by atoms with van der Waals surface area (Å²) in [5, 5.41) is 5.78. The van der Waals surface area contributed by atoms with E-state index in [0.29, 0.717) is 0 Å². The van der Waals surface area contributed by atoms with E-state index < -0.39 is 17.2 Å². The Morgan fingerprint density at radius 3 is 2.61 bits per heavy atom. The Bertz CT molecular complexity index is 519. The van der Waals surface area contributed by atoms with Crippen LogP contribution in [0.25, 0.3) is 0 Å². The van der Waals surface area contributed by atoms with Gasteiger partial charge in [0.15, 0.2) is 0 Å². The number of carbonyl (C=O) groups excluding carboxylic acids is 1. The molecule has 1 aromatic rings. The molecular weight excluding hydrogens is 240 g/mol. The molecule has 0 aliphatic carbocycles. The first-order chi connectivity index (χ1) is 8.45. The minimum atomic E-state index is -0.691. The summed E-state index contributed by atoms with van der Waals surface area (Å²) >= 11 is 0. The quantitative estimate of drug-likeness (QED) is 0.670. The van der Waals surface area contributed by atoms with Crippen LogP contribution in [0.15, 0.2) is 9.59 Å². The maximum atomic E-state index is 11.6. The first-order valence-corrected chi connectivity index (χ1v) is 5.57. The standard InChI is InChI=1S/C10H16N4O4/c1-4-18-7(15)5-14(6(2)3)8-9(16)11-10(17)13-12-8/h6H,4-5H2,1-3H3,(H2,11,13,16,17). The molecule has 0 aromatic carbocycles. The number of aromatic amines is 2. The van der Waals surface area contributed by atoms with Gasteiger partial charge in [0.25, 0.3) is 5.56 Å². The molecule has 0 amide bonds. The van der Waals surface area contributed by atoms with Crippen LogP contribution in [-0.2, 0) is 9.53 Å². The molecule has 0 unspecified atom stereocenters. The van der Waals surface area contributed by atoms with Gasteiger partial charge in [0.05, 0.1) is 6.61 Å². The lowest BCUT2D eigenvalue weighted by atomic mass is 10.3. The number of esters is 1. The molecule has 0 aliphatic rings. The summed E-state index contributed by atoms with van der Waals surface area (Å²) in [5.41, 5.74) is -1.33. The Kier molecular flexibility index (Phi) is 4.64. The molecule has 1 aromatic heterocycles. The predicted octanol–water partition coefficient (Wildman–Crippen LogP) is -0.764. The van der Waals surface area contributed by atoms with Gasteiger partial charge >= 0.3 is 11.7 Å². The Labute approximate surface area is 103 Å². The minimum Gasteiger partial charge on any atom is -0.465 e. The van der Waals surface area contributed by atoms with Crippen molar-refractivity contribution < 1.29 is 9.53 Å². The van der Waals surface area contributed by atoms with E-state index in [0.717, 1.165) is 0 Å². The highest BCUT2D eigenvalue weighted by Gasteiger charge is 2.20. The predicted molar refractivity (Wildman–Crippen MR) is 64.6 cm³/mol. The van der Waals surface area contributed by atoms with Gasteiger partial charge in [-0.2, -0.15) is 0 Å². The third-order valence-electron chi connectivity index (χ3n) is 2.19. The Balaban J connectivity index is 3.01. The molecule has 1 heterocycles. The van der Waals surface area contributed by atoms with Gasteiger partial charge in [-0.1, -0.05) is 0 Å². The molecule has 18 heavy (non-hydrogen) atoms. The summed E-state index contributed by atoms with van der Waals surface area (Å²) in [6, 6.07) is -0.145. The number of aromatic nitrogens is 3. The highest BCUT2D eigenvalue weighted by Crippen LogP contribution is 2.06. The minimum absolute atomic E-state index is 0.0161. The molecule has 0 spiro atoms. The third-order valence-corrected chi connectivity index (χ3v) is 2.19. The van der Waals surface area contributed by atoms with Gasteiger partial charge in [0, 0.05) is 6.04 Å². The molecule has 100 valence electrons. The third kappa shape index (κ3) is 3.44. The fourth-order valence-electron chi connectivity index (χ4n) is 1.38. The smallest absolute Gasteiger partial charge is 0.342 e. The number of nitrogens with one attached hydrogen (secondary N) is 2. The van der Waals surface area contributed by atoms with Gasteiger partial charge in [0.1, 0.15) is 6.54 Å². The van der Waals surface area contributed by atoms with Crippen LogP contribution in [-0.4, -0.2) is 40.3 Å². The van der Waals surface area contributed by atoms with Crippen molar-refractivity contribution in [3.8, 4) is 0 Å². The van der Waals surface area contributed by atoms with Crippen LogP contribution in [0.2, 0.25) is 0 Å². The van der Waals surface area contributed by atoms with Crippen molar-refractivity contribution in [3.05, 3.63) is 20.8 Å². The van der Waals surface area contributed by atoms with Crippen LogP contribution in [0.4, 0.5) is 5.82 Å². The number of H-pyrrole nitrogens is 2. The number of ether oxygens (including phenoxy) is 1. The zero-order chi connectivity index (χ0) is 13.7. The van der Waals surface area contributed by atoms with Gasteiger partial charge in [-0.05, 0) is 20.8 Å². The number of hydrogen-bond donors (Lipinski definition) is 2. The van der Waals surface area contributed by atoms with E-state index in [-0.39, 0.29) is 25.0 Å². The zero-order valence-electron chi connectivity index (χ0n) is 10.5. The molecule has 0 atom stereocenters. The number of rotatable bonds is 5. The molecular formula is C10H16N4O4. The molecule has 0 radical (unpaired) electrons. The highest BCUT2D eigenvalue weighted by atomic mass is 16.5. The number of carbonyl (C=O) groups is 1. The topological polar surface area (TPSA) is 108 Å². The molecule has 0 saturated carbocycles. The maximum absolute atomic E-state index is 11.6. The summed E-state index contributed by atoms with van der Waals surface area (Å²) in [7, 11) is 0. The lowest BCUT2D eigenvalue weighted by Crippen LogP contribution is -2.42. The average molecular weight is 256 g/mol. The van der Waals surface area contributed by atoms with Gasteiger partial charge in [-0.15, -0.1) is 5.10 Å². The van der Waals surface area contributed by atoms with Crippen molar-refractivity contribution in [2.45, 2.75) is 26.8 Å². The number of hydrogen-bond acceptors (Lipinski definition) is 6. The Morgan fingerprint density at radius 1 is 1.44 bits per heavy atom. The van der Waals surface area contributed by atoms with Crippen LogP contribution in [0.3, 0.4) is 0 Å². The molecule has 8 heteroatoms. The van der Waals surface area contributed by atoms with E-state index >= 15 is 0 Å². The Morgan fingerprint density at radius 2 is 2.11 bits per heavy atom. The van der Waals surface area contributed by atoms with E-state index in [4.69, 9.17) is 4.74 Å². The van der Waals surface area contributed by atoms with Crippen LogP contribution in [0, 0.1) is 0 Å². The second-order valence-electron chi connectivity index (χ2n) is 3.86. The van der Waals surface area contributed by atoms with E-state index in [1.165, 1.54) is 4.90 Å². The van der Waals surface area contributed by atoms with Crippen molar-refractivity contribution >= 4 is 11.8 Å². The molecule has 0 bridgehead atoms. The van der Waals surface area contributed by atoms with Crippen molar-refractivity contribution in [3.63, 3.8) is 0 Å². The van der Waals surface area contributed by atoms with Crippen molar-refractivity contribution in [2.24, 2.45) is 0 Å². The molecule has 2 N–H and O–H groups in total. The monoisotopic (exact) mass is 256 g/mol. The second-order valence-corrected chi connectivity index (χ2v) is 3.86. The summed E-state index contributed by atoms with van der Waals surface area (Å²) in [5.74, 6) is -0.476. The number of anilines is 1. The van der Waals surface area contributed by atoms with Crippen molar-refractivity contribution in [1.82, 2.24) is 15.2 Å². The lowest BCUT2D eigenvalue weighted by molar-refractivity contribution is -0.141. The number of nitrogens with zero attached hydrogens (tertiary/aromatic N) is 2. The van der Waals surface area contributed by atoms with Crippen molar-refractivity contribution in [2.75, 3.05) is 18.1 Å². The molecule has 0 saturated heterocycles. The normalized spacial score (nSPS) is 10.4. The molecule has 0 aliphatic heterocycles. The van der Waals surface area contributed by atoms with E-state index in [1.807, 2.05) is 0 Å². The van der Waals surface area contributed by atoms with Crippen molar-refractivity contribution in [1.29, 1.82) is 0 Å². The fourth-order valence-corrected chi connectivity index (χ4v) is 1.38.